The largest absolute Gasteiger partial charge is 0.508 e. The van der Waals surface area contributed by atoms with Crippen molar-refractivity contribution in [2.24, 2.45) is 0 Å². The molecule has 0 saturated carbocycles. The van der Waals surface area contributed by atoms with Crippen molar-refractivity contribution in [2.45, 2.75) is 38.6 Å². The average molecular weight is 272 g/mol. The number of benzene rings is 1. The van der Waals surface area contributed by atoms with E-state index in [1.165, 1.54) is 5.57 Å². The summed E-state index contributed by atoms with van der Waals surface area (Å²) in [7, 11) is -0.662. The van der Waals surface area contributed by atoms with Crippen molar-refractivity contribution < 1.29 is 14.8 Å². The van der Waals surface area contributed by atoms with Crippen molar-refractivity contribution in [3.05, 3.63) is 47.6 Å². The Morgan fingerprint density at radius 3 is 3.05 bits per heavy atom. The molecule has 1 aromatic rings. The smallest absolute Gasteiger partial charge is 0.458 e. The zero-order valence-electron chi connectivity index (χ0n) is 11.8. The molecular weight excluding hydrogens is 251 g/mol. The molecule has 1 aliphatic rings. The molecule has 1 atom stereocenters. The van der Waals surface area contributed by atoms with Crippen LogP contribution in [0.1, 0.15) is 31.7 Å². The number of hydrogen-bond donors (Lipinski definition) is 2. The summed E-state index contributed by atoms with van der Waals surface area (Å²) in [6.45, 7) is 2.13. The lowest BCUT2D eigenvalue weighted by Crippen LogP contribution is -2.27. The maximum Gasteiger partial charge on any atom is 0.458 e. The van der Waals surface area contributed by atoms with E-state index in [1.807, 2.05) is 24.3 Å². The Hall–Kier alpha value is -1.52. The van der Waals surface area contributed by atoms with Crippen LogP contribution in [0.2, 0.25) is 6.32 Å². The summed E-state index contributed by atoms with van der Waals surface area (Å²) in [5.41, 5.74) is 2.33. The van der Waals surface area contributed by atoms with Gasteiger partial charge in [0.15, 0.2) is 0 Å². The summed E-state index contributed by atoms with van der Waals surface area (Å²) < 4.78 is 5.45. The first-order valence-corrected chi connectivity index (χ1v) is 7.16. The Labute approximate surface area is 120 Å². The number of rotatable bonds is 5. The van der Waals surface area contributed by atoms with Crippen molar-refractivity contribution in [1.82, 2.24) is 0 Å². The van der Waals surface area contributed by atoms with Crippen LogP contribution in [-0.2, 0) is 4.65 Å². The quantitative estimate of drug-likeness (QED) is 0.638. The van der Waals surface area contributed by atoms with Gasteiger partial charge in [-0.25, -0.2) is 0 Å². The third kappa shape index (κ3) is 4.55. The molecule has 106 valence electrons. The summed E-state index contributed by atoms with van der Waals surface area (Å²) in [4.78, 5) is 0. The maximum absolute atomic E-state index is 9.48. The molecule has 4 heteroatoms. The number of hydrogen-bond acceptors (Lipinski definition) is 3. The van der Waals surface area contributed by atoms with Gasteiger partial charge in [0, 0.05) is 6.32 Å². The van der Waals surface area contributed by atoms with E-state index in [2.05, 4.69) is 13.0 Å². The Bertz CT molecular complexity index is 496. The van der Waals surface area contributed by atoms with E-state index < -0.39 is 7.12 Å². The molecular formula is C16H21BO3. The minimum Gasteiger partial charge on any atom is -0.508 e. The Morgan fingerprint density at radius 1 is 1.50 bits per heavy atom. The summed E-state index contributed by atoms with van der Waals surface area (Å²) in [5.74, 6) is 0.288. The monoisotopic (exact) mass is 272 g/mol. The van der Waals surface area contributed by atoms with Gasteiger partial charge in [-0.1, -0.05) is 42.9 Å². The topological polar surface area (TPSA) is 49.7 Å². The molecule has 0 spiro atoms. The fourth-order valence-electron chi connectivity index (χ4n) is 2.34. The molecule has 1 heterocycles. The second-order valence-corrected chi connectivity index (χ2v) is 5.08. The predicted molar refractivity (Wildman–Crippen MR) is 82.4 cm³/mol. The third-order valence-corrected chi connectivity index (χ3v) is 3.47. The zero-order valence-corrected chi connectivity index (χ0v) is 11.8. The molecule has 0 bridgehead atoms. The standard InChI is InChI=1S/C16H21BO3/c1-2-13(11-14-5-3-6-15(18)12-14)8-9-16-7-4-10-17(19)20-16/h3-7,11-12,16,18-19H,2,8-10H2,1H3/b13-11+/t16-/m0/s1. The van der Waals surface area contributed by atoms with Gasteiger partial charge in [0.25, 0.3) is 0 Å². The van der Waals surface area contributed by atoms with Crippen LogP contribution in [0.4, 0.5) is 0 Å². The number of allylic oxidation sites excluding steroid dienone is 2. The van der Waals surface area contributed by atoms with E-state index >= 15 is 0 Å². The van der Waals surface area contributed by atoms with E-state index in [0.717, 1.165) is 24.8 Å². The average Bonchev–Trinajstić information content (AvgIpc) is 2.43. The maximum atomic E-state index is 9.48. The van der Waals surface area contributed by atoms with Gasteiger partial charge in [-0.2, -0.15) is 0 Å². The van der Waals surface area contributed by atoms with Crippen LogP contribution < -0.4 is 0 Å². The second-order valence-electron chi connectivity index (χ2n) is 5.08. The number of phenols is 1. The van der Waals surface area contributed by atoms with Crippen molar-refractivity contribution >= 4 is 13.2 Å². The van der Waals surface area contributed by atoms with Crippen LogP contribution in [0.25, 0.3) is 6.08 Å². The first-order chi connectivity index (χ1) is 9.67. The van der Waals surface area contributed by atoms with Crippen LogP contribution in [0.5, 0.6) is 5.75 Å². The van der Waals surface area contributed by atoms with E-state index in [4.69, 9.17) is 4.65 Å². The normalized spacial score (nSPS) is 19.4. The second kappa shape index (κ2) is 7.32. The molecule has 2 rings (SSSR count). The minimum atomic E-state index is -0.662. The van der Waals surface area contributed by atoms with Gasteiger partial charge >= 0.3 is 7.12 Å². The molecule has 0 aromatic heterocycles. The summed E-state index contributed by atoms with van der Waals surface area (Å²) >= 11 is 0. The molecule has 0 saturated heterocycles. The van der Waals surface area contributed by atoms with Crippen molar-refractivity contribution in [1.29, 1.82) is 0 Å². The molecule has 2 N–H and O–H groups in total. The number of aromatic hydroxyl groups is 1. The molecule has 0 unspecified atom stereocenters. The first-order valence-electron chi connectivity index (χ1n) is 7.16. The fraction of sp³-hybridized carbons (Fsp3) is 0.375. The van der Waals surface area contributed by atoms with E-state index in [1.54, 1.807) is 12.1 Å². The Balaban J connectivity index is 1.95. The van der Waals surface area contributed by atoms with E-state index in [9.17, 15) is 10.1 Å². The van der Waals surface area contributed by atoms with Gasteiger partial charge in [0.1, 0.15) is 5.75 Å². The lowest BCUT2D eigenvalue weighted by molar-refractivity contribution is 0.192. The molecule has 3 nitrogen and oxygen atoms in total. The van der Waals surface area contributed by atoms with Crippen LogP contribution >= 0.6 is 0 Å². The Kier molecular flexibility index (Phi) is 5.44. The molecule has 1 aromatic carbocycles. The molecule has 0 fully saturated rings. The summed E-state index contributed by atoms with van der Waals surface area (Å²) in [6.07, 6.45) is 9.45. The Morgan fingerprint density at radius 2 is 2.35 bits per heavy atom. The van der Waals surface area contributed by atoms with Crippen LogP contribution in [0.15, 0.2) is 42.0 Å². The zero-order chi connectivity index (χ0) is 14.4. The van der Waals surface area contributed by atoms with Gasteiger partial charge in [0.2, 0.25) is 0 Å². The van der Waals surface area contributed by atoms with E-state index in [0.29, 0.717) is 6.32 Å². The highest BCUT2D eigenvalue weighted by atomic mass is 16.5. The SMILES string of the molecule is CC/C(=C\c1cccc(O)c1)CC[C@@H]1C=CCB(O)O1. The minimum absolute atomic E-state index is 0.00197. The van der Waals surface area contributed by atoms with Gasteiger partial charge in [0.05, 0.1) is 6.10 Å². The first kappa shape index (κ1) is 14.9. The lowest BCUT2D eigenvalue weighted by Gasteiger charge is -2.20. The molecule has 0 aliphatic carbocycles. The van der Waals surface area contributed by atoms with Gasteiger partial charge in [-0.15, -0.1) is 0 Å². The van der Waals surface area contributed by atoms with Crippen LogP contribution in [-0.4, -0.2) is 23.4 Å². The molecule has 0 amide bonds. The van der Waals surface area contributed by atoms with Crippen LogP contribution in [0, 0.1) is 0 Å². The fourth-order valence-corrected chi connectivity index (χ4v) is 2.34. The van der Waals surface area contributed by atoms with Crippen molar-refractivity contribution in [3.63, 3.8) is 0 Å². The van der Waals surface area contributed by atoms with Crippen LogP contribution in [0.3, 0.4) is 0 Å². The highest BCUT2D eigenvalue weighted by Crippen LogP contribution is 2.21. The highest BCUT2D eigenvalue weighted by molar-refractivity contribution is 6.43. The number of phenolic OH excluding ortho intramolecular Hbond substituents is 1. The lowest BCUT2D eigenvalue weighted by atomic mass is 9.82. The van der Waals surface area contributed by atoms with Crippen molar-refractivity contribution in [3.8, 4) is 5.75 Å². The third-order valence-electron chi connectivity index (χ3n) is 3.47. The predicted octanol–water partition coefficient (Wildman–Crippen LogP) is 3.40. The summed E-state index contributed by atoms with van der Waals surface area (Å²) in [5, 5.41) is 18.9. The van der Waals surface area contributed by atoms with E-state index in [-0.39, 0.29) is 11.9 Å². The molecule has 0 radical (unpaired) electrons. The molecule has 1 aliphatic heterocycles. The van der Waals surface area contributed by atoms with Crippen molar-refractivity contribution in [2.75, 3.05) is 0 Å². The van der Waals surface area contributed by atoms with Gasteiger partial charge in [-0.05, 0) is 37.0 Å². The van der Waals surface area contributed by atoms with Gasteiger partial charge < -0.3 is 14.8 Å². The van der Waals surface area contributed by atoms with Gasteiger partial charge in [-0.3, -0.25) is 0 Å². The molecule has 20 heavy (non-hydrogen) atoms. The highest BCUT2D eigenvalue weighted by Gasteiger charge is 2.20. The summed E-state index contributed by atoms with van der Waals surface area (Å²) in [6, 6.07) is 7.26.